The quantitative estimate of drug-likeness (QED) is 0.771. The van der Waals surface area contributed by atoms with E-state index in [2.05, 4.69) is 0 Å². The molecule has 2 rings (SSSR count). The standard InChI is InChI=1S/C10H12N2O2S2/c1-8-2-5-10(15-8)16(13,14)12(7-6-11)9-3-4-9/h2,5,9H,3-4,7H2,1H3. The summed E-state index contributed by atoms with van der Waals surface area (Å²) in [6.07, 6.45) is 1.73. The third kappa shape index (κ3) is 2.12. The molecule has 86 valence electrons. The van der Waals surface area contributed by atoms with Crippen LogP contribution in [0.1, 0.15) is 17.7 Å². The molecule has 1 aliphatic carbocycles. The number of aryl methyl sites for hydroxylation is 1. The van der Waals surface area contributed by atoms with Gasteiger partial charge < -0.3 is 0 Å². The number of nitriles is 1. The van der Waals surface area contributed by atoms with E-state index >= 15 is 0 Å². The maximum absolute atomic E-state index is 12.2. The van der Waals surface area contributed by atoms with Crippen LogP contribution < -0.4 is 0 Å². The Kier molecular flexibility index (Phi) is 3.02. The lowest BCUT2D eigenvalue weighted by molar-refractivity contribution is 0.440. The second-order valence-electron chi connectivity index (χ2n) is 3.80. The fourth-order valence-electron chi connectivity index (χ4n) is 1.51. The molecule has 0 atom stereocenters. The first-order valence-corrected chi connectivity index (χ1v) is 7.26. The van der Waals surface area contributed by atoms with E-state index in [0.717, 1.165) is 17.7 Å². The molecule has 1 aromatic heterocycles. The zero-order chi connectivity index (χ0) is 11.8. The largest absolute Gasteiger partial charge is 0.253 e. The first-order chi connectivity index (χ1) is 7.55. The van der Waals surface area contributed by atoms with Crippen molar-refractivity contribution < 1.29 is 8.42 Å². The third-order valence-corrected chi connectivity index (χ3v) is 5.83. The minimum atomic E-state index is -3.45. The number of hydrogen-bond acceptors (Lipinski definition) is 4. The summed E-state index contributed by atoms with van der Waals surface area (Å²) >= 11 is 1.26. The van der Waals surface area contributed by atoms with Crippen molar-refractivity contribution in [2.75, 3.05) is 6.54 Å². The molecule has 0 aliphatic heterocycles. The molecule has 0 spiro atoms. The molecule has 1 fully saturated rings. The lowest BCUT2D eigenvalue weighted by Crippen LogP contribution is -2.32. The molecule has 1 aliphatic rings. The van der Waals surface area contributed by atoms with Crippen LogP contribution in [0.4, 0.5) is 0 Å². The molecule has 0 saturated heterocycles. The fourth-order valence-corrected chi connectivity index (χ4v) is 4.50. The van der Waals surface area contributed by atoms with Gasteiger partial charge in [0.05, 0.1) is 6.07 Å². The smallest absolute Gasteiger partial charge is 0.206 e. The normalized spacial score (nSPS) is 16.3. The summed E-state index contributed by atoms with van der Waals surface area (Å²) in [6.45, 7) is 1.82. The van der Waals surface area contributed by atoms with Crippen LogP contribution in [0, 0.1) is 18.3 Å². The molecule has 1 saturated carbocycles. The summed E-state index contributed by atoms with van der Waals surface area (Å²) in [7, 11) is -3.45. The Balaban J connectivity index is 2.33. The highest BCUT2D eigenvalue weighted by Gasteiger charge is 2.38. The molecule has 16 heavy (non-hydrogen) atoms. The van der Waals surface area contributed by atoms with Gasteiger partial charge in [0.15, 0.2) is 0 Å². The first kappa shape index (κ1) is 11.6. The van der Waals surface area contributed by atoms with Crippen molar-refractivity contribution in [3.8, 4) is 6.07 Å². The Bertz CT molecular complexity index is 523. The van der Waals surface area contributed by atoms with Crippen molar-refractivity contribution in [3.05, 3.63) is 17.0 Å². The van der Waals surface area contributed by atoms with Crippen molar-refractivity contribution in [1.29, 1.82) is 5.26 Å². The van der Waals surface area contributed by atoms with E-state index in [1.165, 1.54) is 15.6 Å². The summed E-state index contributed by atoms with van der Waals surface area (Å²) < 4.78 is 26.1. The van der Waals surface area contributed by atoms with Crippen LogP contribution in [0.5, 0.6) is 0 Å². The van der Waals surface area contributed by atoms with Gasteiger partial charge >= 0.3 is 0 Å². The molecule has 0 unspecified atom stereocenters. The van der Waals surface area contributed by atoms with Gasteiger partial charge in [-0.1, -0.05) is 0 Å². The van der Waals surface area contributed by atoms with Gasteiger partial charge in [-0.2, -0.15) is 9.57 Å². The summed E-state index contributed by atoms with van der Waals surface area (Å²) in [4.78, 5) is 0.964. The molecule has 0 aromatic carbocycles. The summed E-state index contributed by atoms with van der Waals surface area (Å²) in [6, 6.07) is 5.36. The van der Waals surface area contributed by atoms with E-state index in [1.54, 1.807) is 12.1 Å². The summed E-state index contributed by atoms with van der Waals surface area (Å²) in [5.41, 5.74) is 0. The van der Waals surface area contributed by atoms with Crippen molar-refractivity contribution in [3.63, 3.8) is 0 Å². The van der Waals surface area contributed by atoms with Crippen molar-refractivity contribution >= 4 is 21.4 Å². The Morgan fingerprint density at radius 2 is 2.25 bits per heavy atom. The van der Waals surface area contributed by atoms with Gasteiger partial charge in [0.2, 0.25) is 0 Å². The molecule has 6 heteroatoms. The van der Waals surface area contributed by atoms with Crippen LogP contribution in [-0.4, -0.2) is 25.3 Å². The van der Waals surface area contributed by atoms with Crippen LogP contribution in [0.15, 0.2) is 16.3 Å². The average molecular weight is 256 g/mol. The van der Waals surface area contributed by atoms with Gasteiger partial charge in [-0.15, -0.1) is 11.3 Å². The molecule has 1 heterocycles. The molecule has 0 N–H and O–H groups in total. The van der Waals surface area contributed by atoms with E-state index in [-0.39, 0.29) is 12.6 Å². The van der Waals surface area contributed by atoms with Crippen LogP contribution >= 0.6 is 11.3 Å². The highest BCUT2D eigenvalue weighted by molar-refractivity contribution is 7.91. The minimum Gasteiger partial charge on any atom is -0.206 e. The predicted molar refractivity (Wildman–Crippen MR) is 61.6 cm³/mol. The van der Waals surface area contributed by atoms with E-state index in [4.69, 9.17) is 5.26 Å². The number of sulfonamides is 1. The van der Waals surface area contributed by atoms with Crippen LogP contribution in [0.3, 0.4) is 0 Å². The zero-order valence-corrected chi connectivity index (χ0v) is 10.5. The van der Waals surface area contributed by atoms with Crippen LogP contribution in [0.2, 0.25) is 0 Å². The lowest BCUT2D eigenvalue weighted by atomic mass is 10.5. The molecule has 0 amide bonds. The first-order valence-electron chi connectivity index (χ1n) is 5.01. The van der Waals surface area contributed by atoms with Crippen LogP contribution in [0.25, 0.3) is 0 Å². The van der Waals surface area contributed by atoms with Gasteiger partial charge in [0.1, 0.15) is 10.8 Å². The van der Waals surface area contributed by atoms with Gasteiger partial charge in [-0.05, 0) is 31.9 Å². The van der Waals surface area contributed by atoms with E-state index in [9.17, 15) is 8.42 Å². The van der Waals surface area contributed by atoms with Gasteiger partial charge in [-0.25, -0.2) is 8.42 Å². The second-order valence-corrected chi connectivity index (χ2v) is 7.21. The lowest BCUT2D eigenvalue weighted by Gasteiger charge is -2.17. The minimum absolute atomic E-state index is 0.0343. The highest BCUT2D eigenvalue weighted by Crippen LogP contribution is 2.33. The average Bonchev–Trinajstić information content (AvgIpc) is 2.96. The monoisotopic (exact) mass is 256 g/mol. The molecular weight excluding hydrogens is 244 g/mol. The SMILES string of the molecule is Cc1ccc(S(=O)(=O)N(CC#N)C2CC2)s1. The number of hydrogen-bond donors (Lipinski definition) is 0. The van der Waals surface area contributed by atoms with E-state index in [0.29, 0.717) is 4.21 Å². The number of nitrogens with zero attached hydrogens (tertiary/aromatic N) is 2. The van der Waals surface area contributed by atoms with Crippen LogP contribution in [-0.2, 0) is 10.0 Å². The highest BCUT2D eigenvalue weighted by atomic mass is 32.2. The predicted octanol–water partition coefficient (Wildman–Crippen LogP) is 1.73. The molecule has 0 bridgehead atoms. The third-order valence-electron chi connectivity index (χ3n) is 2.46. The van der Waals surface area contributed by atoms with E-state index in [1.807, 2.05) is 13.0 Å². The van der Waals surface area contributed by atoms with Crippen molar-refractivity contribution in [2.24, 2.45) is 0 Å². The van der Waals surface area contributed by atoms with Gasteiger partial charge in [-0.3, -0.25) is 0 Å². The van der Waals surface area contributed by atoms with E-state index < -0.39 is 10.0 Å². The topological polar surface area (TPSA) is 61.2 Å². The van der Waals surface area contributed by atoms with Crippen molar-refractivity contribution in [2.45, 2.75) is 30.0 Å². The maximum Gasteiger partial charge on any atom is 0.253 e. The Morgan fingerprint density at radius 3 is 2.69 bits per heavy atom. The Hall–Kier alpha value is -0.900. The summed E-state index contributed by atoms with van der Waals surface area (Å²) in [5, 5.41) is 8.68. The zero-order valence-electron chi connectivity index (χ0n) is 8.88. The fraction of sp³-hybridized carbons (Fsp3) is 0.500. The molecular formula is C10H12N2O2S2. The number of rotatable bonds is 4. The summed E-state index contributed by atoms with van der Waals surface area (Å²) in [5.74, 6) is 0. The second kappa shape index (κ2) is 4.17. The van der Waals surface area contributed by atoms with Gasteiger partial charge in [0.25, 0.3) is 10.0 Å². The molecule has 0 radical (unpaired) electrons. The van der Waals surface area contributed by atoms with Crippen molar-refractivity contribution in [1.82, 2.24) is 4.31 Å². The Morgan fingerprint density at radius 1 is 1.56 bits per heavy atom. The molecule has 1 aromatic rings. The molecule has 4 nitrogen and oxygen atoms in total. The number of thiophene rings is 1. The van der Waals surface area contributed by atoms with Gasteiger partial charge in [0, 0.05) is 10.9 Å². The maximum atomic E-state index is 12.2. The Labute approximate surface area is 99.2 Å².